The minimum absolute atomic E-state index is 0.0199. The first-order valence-corrected chi connectivity index (χ1v) is 11.5. The van der Waals surface area contributed by atoms with Crippen LogP contribution in [0.15, 0.2) is 54.6 Å². The van der Waals surface area contributed by atoms with E-state index in [1.807, 2.05) is 30.3 Å². The van der Waals surface area contributed by atoms with E-state index in [-0.39, 0.29) is 29.5 Å². The zero-order valence-electron chi connectivity index (χ0n) is 18.3. The van der Waals surface area contributed by atoms with Crippen molar-refractivity contribution in [1.29, 1.82) is 0 Å². The van der Waals surface area contributed by atoms with Crippen LogP contribution in [0.3, 0.4) is 0 Å². The van der Waals surface area contributed by atoms with Crippen LogP contribution in [-0.2, 0) is 4.79 Å². The average molecular weight is 439 g/mol. The molecule has 2 atom stereocenters. The molecule has 2 fully saturated rings. The second kappa shape index (κ2) is 10.6. The van der Waals surface area contributed by atoms with Gasteiger partial charge in [-0.3, -0.25) is 4.79 Å². The summed E-state index contributed by atoms with van der Waals surface area (Å²) < 4.78 is 14.0. The second-order valence-electron chi connectivity index (χ2n) is 8.69. The fourth-order valence-electron chi connectivity index (χ4n) is 4.67. The summed E-state index contributed by atoms with van der Waals surface area (Å²) in [7, 11) is 0. The van der Waals surface area contributed by atoms with Gasteiger partial charge >= 0.3 is 6.03 Å². The molecule has 2 aliphatic heterocycles. The number of hydrogen-bond acceptors (Lipinski definition) is 3. The van der Waals surface area contributed by atoms with E-state index in [0.717, 1.165) is 25.2 Å². The lowest BCUT2D eigenvalue weighted by atomic mass is 9.84. The molecule has 6 nitrogen and oxygen atoms in total. The highest BCUT2D eigenvalue weighted by atomic mass is 19.1. The Labute approximate surface area is 188 Å². The standard InChI is InChI=1S/C25H31FN4O2/c26-22-10-4-5-11-23(22)28-25(32)30-17-20(19-8-2-1-3-9-19)16-21(18-30)24(31)27-12-15-29-13-6-7-14-29/h1-5,8-11,20-21H,6-7,12-18H2,(H,27,31)(H,28,32)/t20-,21-/m0/s1. The highest BCUT2D eigenvalue weighted by Gasteiger charge is 2.34. The summed E-state index contributed by atoms with van der Waals surface area (Å²) in [4.78, 5) is 29.9. The number of para-hydroxylation sites is 1. The van der Waals surface area contributed by atoms with Gasteiger partial charge in [0.15, 0.2) is 0 Å². The van der Waals surface area contributed by atoms with Crippen LogP contribution >= 0.6 is 0 Å². The molecule has 170 valence electrons. The van der Waals surface area contributed by atoms with E-state index in [1.165, 1.54) is 25.0 Å². The number of hydrogen-bond donors (Lipinski definition) is 2. The number of carbonyl (C=O) groups is 2. The van der Waals surface area contributed by atoms with Gasteiger partial charge in [-0.05, 0) is 50.0 Å². The monoisotopic (exact) mass is 438 g/mol. The summed E-state index contributed by atoms with van der Waals surface area (Å²) >= 11 is 0. The van der Waals surface area contributed by atoms with Gasteiger partial charge in [-0.15, -0.1) is 0 Å². The van der Waals surface area contributed by atoms with Gasteiger partial charge in [-0.2, -0.15) is 0 Å². The van der Waals surface area contributed by atoms with Gasteiger partial charge in [-0.1, -0.05) is 42.5 Å². The molecule has 0 aromatic heterocycles. The van der Waals surface area contributed by atoms with Crippen molar-refractivity contribution in [3.8, 4) is 0 Å². The predicted octanol–water partition coefficient (Wildman–Crippen LogP) is 3.68. The predicted molar refractivity (Wildman–Crippen MR) is 123 cm³/mol. The maximum absolute atomic E-state index is 14.0. The van der Waals surface area contributed by atoms with Crippen LogP contribution in [0.25, 0.3) is 0 Å². The molecule has 2 heterocycles. The van der Waals surface area contributed by atoms with Crippen molar-refractivity contribution in [1.82, 2.24) is 15.1 Å². The molecule has 2 saturated heterocycles. The Kier molecular flexibility index (Phi) is 7.37. The third-order valence-corrected chi connectivity index (χ3v) is 6.42. The van der Waals surface area contributed by atoms with Gasteiger partial charge in [0.2, 0.25) is 5.91 Å². The molecule has 0 spiro atoms. The molecule has 32 heavy (non-hydrogen) atoms. The maximum atomic E-state index is 14.0. The van der Waals surface area contributed by atoms with Crippen LogP contribution in [0.4, 0.5) is 14.9 Å². The number of benzene rings is 2. The molecule has 2 N–H and O–H groups in total. The third kappa shape index (κ3) is 5.65. The van der Waals surface area contributed by atoms with E-state index in [9.17, 15) is 14.0 Å². The average Bonchev–Trinajstić information content (AvgIpc) is 3.34. The van der Waals surface area contributed by atoms with Gasteiger partial charge in [0.1, 0.15) is 5.82 Å². The van der Waals surface area contributed by atoms with E-state index >= 15 is 0 Å². The number of likely N-dealkylation sites (tertiary alicyclic amines) is 2. The number of amides is 3. The molecule has 0 unspecified atom stereocenters. The fraction of sp³-hybridized carbons (Fsp3) is 0.440. The van der Waals surface area contributed by atoms with Crippen molar-refractivity contribution in [3.05, 3.63) is 66.0 Å². The number of anilines is 1. The smallest absolute Gasteiger partial charge is 0.321 e. The molecule has 0 radical (unpaired) electrons. The molecule has 4 rings (SSSR count). The van der Waals surface area contributed by atoms with Gasteiger partial charge < -0.3 is 20.4 Å². The van der Waals surface area contributed by atoms with Crippen LogP contribution < -0.4 is 10.6 Å². The largest absolute Gasteiger partial charge is 0.355 e. The van der Waals surface area contributed by atoms with E-state index < -0.39 is 5.82 Å². The quantitative estimate of drug-likeness (QED) is 0.723. The van der Waals surface area contributed by atoms with Gasteiger partial charge in [0, 0.05) is 32.1 Å². The summed E-state index contributed by atoms with van der Waals surface area (Å²) in [5.41, 5.74) is 1.25. The lowest BCUT2D eigenvalue weighted by Crippen LogP contribution is -2.50. The molecule has 2 aromatic rings. The highest BCUT2D eigenvalue weighted by Crippen LogP contribution is 2.31. The lowest BCUT2D eigenvalue weighted by molar-refractivity contribution is -0.126. The van der Waals surface area contributed by atoms with Crippen molar-refractivity contribution >= 4 is 17.6 Å². The minimum atomic E-state index is -0.478. The molecule has 0 aliphatic carbocycles. The highest BCUT2D eigenvalue weighted by molar-refractivity contribution is 5.90. The van der Waals surface area contributed by atoms with Crippen LogP contribution in [0.2, 0.25) is 0 Å². The zero-order chi connectivity index (χ0) is 22.3. The third-order valence-electron chi connectivity index (χ3n) is 6.42. The Morgan fingerprint density at radius 3 is 2.44 bits per heavy atom. The molecular weight excluding hydrogens is 407 g/mol. The Balaban J connectivity index is 1.43. The fourth-order valence-corrected chi connectivity index (χ4v) is 4.67. The van der Waals surface area contributed by atoms with E-state index in [0.29, 0.717) is 26.1 Å². The second-order valence-corrected chi connectivity index (χ2v) is 8.69. The molecule has 2 aliphatic rings. The Hall–Kier alpha value is -2.93. The minimum Gasteiger partial charge on any atom is -0.355 e. The maximum Gasteiger partial charge on any atom is 0.321 e. The lowest BCUT2D eigenvalue weighted by Gasteiger charge is -2.37. The van der Waals surface area contributed by atoms with E-state index in [4.69, 9.17) is 0 Å². The topological polar surface area (TPSA) is 64.7 Å². The van der Waals surface area contributed by atoms with Crippen molar-refractivity contribution in [3.63, 3.8) is 0 Å². The molecule has 3 amide bonds. The first-order chi connectivity index (χ1) is 15.6. The number of nitrogens with zero attached hydrogens (tertiary/aromatic N) is 2. The van der Waals surface area contributed by atoms with Crippen LogP contribution in [-0.4, -0.2) is 61.0 Å². The summed E-state index contributed by atoms with van der Waals surface area (Å²) in [6.07, 6.45) is 3.13. The van der Waals surface area contributed by atoms with Crippen molar-refractivity contribution in [2.24, 2.45) is 5.92 Å². The number of carbonyl (C=O) groups excluding carboxylic acids is 2. The molecule has 0 saturated carbocycles. The number of rotatable bonds is 6. The Bertz CT molecular complexity index is 917. The normalized spacial score (nSPS) is 21.3. The summed E-state index contributed by atoms with van der Waals surface area (Å²) in [5, 5.41) is 5.74. The summed E-state index contributed by atoms with van der Waals surface area (Å²) in [6, 6.07) is 15.7. The van der Waals surface area contributed by atoms with Crippen molar-refractivity contribution in [2.45, 2.75) is 25.2 Å². The van der Waals surface area contributed by atoms with Crippen LogP contribution in [0, 0.1) is 11.7 Å². The van der Waals surface area contributed by atoms with Crippen LogP contribution in [0.5, 0.6) is 0 Å². The molecular formula is C25H31FN4O2. The van der Waals surface area contributed by atoms with Gasteiger partial charge in [0.25, 0.3) is 0 Å². The number of piperidine rings is 1. The SMILES string of the molecule is O=C(NCCN1CCCC1)[C@H]1C[C@H](c2ccccc2)CN(C(=O)Nc2ccccc2F)C1. The van der Waals surface area contributed by atoms with Crippen molar-refractivity contribution in [2.75, 3.05) is 44.6 Å². The Morgan fingerprint density at radius 1 is 0.969 bits per heavy atom. The number of halogens is 1. The summed E-state index contributed by atoms with van der Waals surface area (Å²) in [6.45, 7) is 4.48. The molecule has 0 bridgehead atoms. The van der Waals surface area contributed by atoms with E-state index in [2.05, 4.69) is 15.5 Å². The first-order valence-electron chi connectivity index (χ1n) is 11.5. The molecule has 7 heteroatoms. The summed E-state index contributed by atoms with van der Waals surface area (Å²) in [5.74, 6) is -0.758. The van der Waals surface area contributed by atoms with E-state index in [1.54, 1.807) is 17.0 Å². The Morgan fingerprint density at radius 2 is 1.69 bits per heavy atom. The van der Waals surface area contributed by atoms with Crippen molar-refractivity contribution < 1.29 is 14.0 Å². The van der Waals surface area contributed by atoms with Crippen LogP contribution in [0.1, 0.15) is 30.7 Å². The first kappa shape index (κ1) is 22.3. The van der Waals surface area contributed by atoms with Gasteiger partial charge in [0.05, 0.1) is 11.6 Å². The van der Waals surface area contributed by atoms with Gasteiger partial charge in [-0.25, -0.2) is 9.18 Å². The number of nitrogens with one attached hydrogen (secondary N) is 2. The number of urea groups is 1. The molecule has 2 aromatic carbocycles. The zero-order valence-corrected chi connectivity index (χ0v) is 18.3.